The Labute approximate surface area is 184 Å². The molecule has 164 valence electrons. The highest BCUT2D eigenvalue weighted by atomic mass is 32.2. The third kappa shape index (κ3) is 4.02. The van der Waals surface area contributed by atoms with Gasteiger partial charge in [-0.1, -0.05) is 30.3 Å². The number of nitrogens with zero attached hydrogens (tertiary/aromatic N) is 1. The van der Waals surface area contributed by atoms with Crippen LogP contribution in [-0.2, 0) is 10.0 Å². The number of aromatic nitrogens is 2. The van der Waals surface area contributed by atoms with Gasteiger partial charge in [-0.2, -0.15) is 0 Å². The summed E-state index contributed by atoms with van der Waals surface area (Å²) in [5.74, 6) is 0. The van der Waals surface area contributed by atoms with E-state index in [-0.39, 0.29) is 10.4 Å². The average molecular weight is 451 g/mol. The molecule has 0 atom stereocenters. The van der Waals surface area contributed by atoms with Gasteiger partial charge in [0, 0.05) is 31.0 Å². The number of anilines is 2. The number of rotatable bonds is 5. The van der Waals surface area contributed by atoms with Crippen LogP contribution in [0, 0.1) is 6.92 Å². The number of hydrogen-bond donors (Lipinski definition) is 3. The van der Waals surface area contributed by atoms with Crippen LogP contribution in [0.1, 0.15) is 5.56 Å². The Morgan fingerprint density at radius 3 is 2.06 bits per heavy atom. The Morgan fingerprint density at radius 2 is 1.44 bits per heavy atom. The predicted octanol–water partition coefficient (Wildman–Crippen LogP) is 3.06. The van der Waals surface area contributed by atoms with Crippen LogP contribution in [0.15, 0.2) is 75.1 Å². The number of aromatic amines is 2. The summed E-state index contributed by atoms with van der Waals surface area (Å²) >= 11 is 0. The monoisotopic (exact) mass is 450 g/mol. The van der Waals surface area contributed by atoms with Crippen molar-refractivity contribution >= 4 is 32.4 Å². The number of nitrogens with one attached hydrogen (secondary N) is 3. The zero-order valence-corrected chi connectivity index (χ0v) is 18.6. The second-order valence-corrected chi connectivity index (χ2v) is 9.32. The van der Waals surface area contributed by atoms with E-state index in [0.717, 1.165) is 16.8 Å². The lowest BCUT2D eigenvalue weighted by Gasteiger charge is -2.18. The molecule has 8 nitrogen and oxygen atoms in total. The molecule has 9 heteroatoms. The van der Waals surface area contributed by atoms with Gasteiger partial charge in [-0.15, -0.1) is 0 Å². The molecule has 4 aromatic rings. The predicted molar refractivity (Wildman–Crippen MR) is 127 cm³/mol. The van der Waals surface area contributed by atoms with Crippen molar-refractivity contribution in [1.82, 2.24) is 9.97 Å². The molecule has 32 heavy (non-hydrogen) atoms. The van der Waals surface area contributed by atoms with Crippen LogP contribution >= 0.6 is 0 Å². The van der Waals surface area contributed by atoms with Gasteiger partial charge in [-0.05, 0) is 48.4 Å². The molecular formula is C23H22N4O4S. The van der Waals surface area contributed by atoms with Gasteiger partial charge < -0.3 is 14.9 Å². The highest BCUT2D eigenvalue weighted by molar-refractivity contribution is 7.92. The molecular weight excluding hydrogens is 428 g/mol. The Balaban J connectivity index is 1.67. The van der Waals surface area contributed by atoms with Crippen molar-refractivity contribution in [3.8, 4) is 11.1 Å². The Kier molecular flexibility index (Phi) is 5.35. The summed E-state index contributed by atoms with van der Waals surface area (Å²) in [5.41, 5.74) is 2.85. The lowest BCUT2D eigenvalue weighted by atomic mass is 10.0. The standard InChI is InChI=1S/C23H22N4O4S/c1-14-12-18-19(25-23(29)22(28)24-18)13-21(14)32(30,31)26-16-10-8-15(9-11-16)17-6-4-5-7-20(17)27(2)3/h4-13,26H,1-3H3,(H,24,28)(H,25,29). The number of aryl methyl sites for hydroxylation is 1. The molecule has 0 spiro atoms. The zero-order valence-electron chi connectivity index (χ0n) is 17.8. The van der Waals surface area contributed by atoms with Gasteiger partial charge in [-0.3, -0.25) is 14.3 Å². The third-order valence-corrected chi connectivity index (χ3v) is 6.66. The van der Waals surface area contributed by atoms with Gasteiger partial charge in [-0.25, -0.2) is 8.42 Å². The number of H-pyrrole nitrogens is 2. The maximum Gasteiger partial charge on any atom is 0.314 e. The number of fused-ring (bicyclic) bond motifs is 1. The number of sulfonamides is 1. The molecule has 0 aliphatic heterocycles. The van der Waals surface area contributed by atoms with E-state index in [9.17, 15) is 18.0 Å². The molecule has 4 rings (SSSR count). The van der Waals surface area contributed by atoms with E-state index < -0.39 is 21.1 Å². The zero-order chi connectivity index (χ0) is 23.0. The maximum atomic E-state index is 13.0. The van der Waals surface area contributed by atoms with Gasteiger partial charge in [0.1, 0.15) is 0 Å². The second kappa shape index (κ2) is 8.01. The lowest BCUT2D eigenvalue weighted by Crippen LogP contribution is -2.29. The molecule has 0 aliphatic carbocycles. The van der Waals surface area contributed by atoms with E-state index in [2.05, 4.69) is 14.7 Å². The van der Waals surface area contributed by atoms with E-state index >= 15 is 0 Å². The molecule has 0 bridgehead atoms. The number of para-hydroxylation sites is 1. The van der Waals surface area contributed by atoms with Gasteiger partial charge >= 0.3 is 11.1 Å². The largest absolute Gasteiger partial charge is 0.377 e. The van der Waals surface area contributed by atoms with E-state index in [1.165, 1.54) is 12.1 Å². The van der Waals surface area contributed by atoms with E-state index in [4.69, 9.17) is 0 Å². The summed E-state index contributed by atoms with van der Waals surface area (Å²) < 4.78 is 28.6. The maximum absolute atomic E-state index is 13.0. The smallest absolute Gasteiger partial charge is 0.314 e. The van der Waals surface area contributed by atoms with E-state index in [1.807, 2.05) is 55.4 Å². The van der Waals surface area contributed by atoms with Crippen molar-refractivity contribution in [2.24, 2.45) is 0 Å². The van der Waals surface area contributed by atoms with Crippen molar-refractivity contribution in [1.29, 1.82) is 0 Å². The summed E-state index contributed by atoms with van der Waals surface area (Å²) in [4.78, 5) is 30.0. The number of benzene rings is 3. The van der Waals surface area contributed by atoms with Crippen LogP contribution < -0.4 is 20.7 Å². The van der Waals surface area contributed by atoms with Crippen LogP contribution in [0.25, 0.3) is 22.2 Å². The first kappa shape index (κ1) is 21.4. The summed E-state index contributed by atoms with van der Waals surface area (Å²) in [6.07, 6.45) is 0. The molecule has 0 saturated heterocycles. The fraction of sp³-hybridized carbons (Fsp3) is 0.130. The van der Waals surface area contributed by atoms with E-state index in [0.29, 0.717) is 16.8 Å². The summed E-state index contributed by atoms with van der Waals surface area (Å²) in [6, 6.07) is 17.9. The van der Waals surface area contributed by atoms with Crippen LogP contribution in [-0.4, -0.2) is 32.5 Å². The summed E-state index contributed by atoms with van der Waals surface area (Å²) in [6.45, 7) is 1.62. The molecule has 3 N–H and O–H groups in total. The number of hydrogen-bond acceptors (Lipinski definition) is 5. The summed E-state index contributed by atoms with van der Waals surface area (Å²) in [5, 5.41) is 0. The van der Waals surface area contributed by atoms with Crippen LogP contribution in [0.3, 0.4) is 0 Å². The Bertz CT molecular complexity index is 1540. The minimum Gasteiger partial charge on any atom is -0.377 e. The first-order valence-electron chi connectivity index (χ1n) is 9.82. The summed E-state index contributed by atoms with van der Waals surface area (Å²) in [7, 11) is 0.00689. The van der Waals surface area contributed by atoms with Crippen molar-refractivity contribution < 1.29 is 8.42 Å². The average Bonchev–Trinajstić information content (AvgIpc) is 2.74. The Hall–Kier alpha value is -3.85. The van der Waals surface area contributed by atoms with Crippen molar-refractivity contribution in [2.75, 3.05) is 23.7 Å². The first-order valence-corrected chi connectivity index (χ1v) is 11.3. The van der Waals surface area contributed by atoms with Gasteiger partial charge in [0.25, 0.3) is 10.0 Å². The van der Waals surface area contributed by atoms with Crippen molar-refractivity contribution in [3.63, 3.8) is 0 Å². The Morgan fingerprint density at radius 1 is 0.844 bits per heavy atom. The molecule has 0 fully saturated rings. The van der Waals surface area contributed by atoms with Crippen molar-refractivity contribution in [2.45, 2.75) is 11.8 Å². The van der Waals surface area contributed by atoms with Crippen LogP contribution in [0.5, 0.6) is 0 Å². The van der Waals surface area contributed by atoms with Crippen LogP contribution in [0.4, 0.5) is 11.4 Å². The molecule has 0 radical (unpaired) electrons. The van der Waals surface area contributed by atoms with Gasteiger partial charge in [0.2, 0.25) is 0 Å². The highest BCUT2D eigenvalue weighted by Crippen LogP contribution is 2.31. The molecule has 1 heterocycles. The highest BCUT2D eigenvalue weighted by Gasteiger charge is 2.19. The lowest BCUT2D eigenvalue weighted by molar-refractivity contribution is 0.600. The normalized spacial score (nSPS) is 11.5. The molecule has 1 aromatic heterocycles. The topological polar surface area (TPSA) is 115 Å². The quantitative estimate of drug-likeness (QED) is 0.404. The van der Waals surface area contributed by atoms with Crippen LogP contribution in [0.2, 0.25) is 0 Å². The van der Waals surface area contributed by atoms with Crippen molar-refractivity contribution in [3.05, 3.63) is 86.9 Å². The first-order chi connectivity index (χ1) is 15.2. The third-order valence-electron chi connectivity index (χ3n) is 5.14. The fourth-order valence-corrected chi connectivity index (χ4v) is 4.89. The minimum atomic E-state index is -3.93. The molecule has 0 saturated carbocycles. The molecule has 3 aromatic carbocycles. The fourth-order valence-electron chi connectivity index (χ4n) is 3.58. The molecule has 0 amide bonds. The van der Waals surface area contributed by atoms with Gasteiger partial charge in [0.05, 0.1) is 15.9 Å². The SMILES string of the molecule is Cc1cc2[nH]c(=O)c(=O)[nH]c2cc1S(=O)(=O)Nc1ccc(-c2ccccc2N(C)C)cc1. The second-order valence-electron chi connectivity index (χ2n) is 7.67. The molecule has 0 unspecified atom stereocenters. The van der Waals surface area contributed by atoms with Gasteiger partial charge in [0.15, 0.2) is 0 Å². The molecule has 0 aliphatic rings. The minimum absolute atomic E-state index is 0.00901. The van der Waals surface area contributed by atoms with E-state index in [1.54, 1.807) is 19.1 Å².